The highest BCUT2D eigenvalue weighted by Crippen LogP contribution is 2.47. The number of carbonyl (C=O) groups is 1. The lowest BCUT2D eigenvalue weighted by Gasteiger charge is -2.35. The monoisotopic (exact) mass is 315 g/mol. The first-order valence-electron chi connectivity index (χ1n) is 5.81. The summed E-state index contributed by atoms with van der Waals surface area (Å²) >= 11 is 5.75. The van der Waals surface area contributed by atoms with Crippen LogP contribution in [0, 0.1) is 11.8 Å². The number of nitrogens with one attached hydrogen (secondary N) is 1. The Morgan fingerprint density at radius 3 is 2.76 bits per heavy atom. The van der Waals surface area contributed by atoms with Gasteiger partial charge in [-0.05, 0) is 37.1 Å². The van der Waals surface area contributed by atoms with Crippen molar-refractivity contribution < 1.29 is 22.7 Å². The van der Waals surface area contributed by atoms with Crippen LogP contribution in [-0.4, -0.2) is 12.3 Å². The van der Waals surface area contributed by atoms with Crippen molar-refractivity contribution >= 4 is 23.4 Å². The molecule has 7 heteroatoms. The van der Waals surface area contributed by atoms with E-state index in [1.54, 1.807) is 6.92 Å². The van der Waals surface area contributed by atoms with Gasteiger partial charge in [0.05, 0.1) is 5.69 Å². The molecule has 1 aliphatic rings. The fraction of sp³-hybridized carbons (Fsp3) is 0.214. The average molecular weight is 316 g/mol. The van der Waals surface area contributed by atoms with E-state index < -0.39 is 17.9 Å². The molecule has 0 saturated carbocycles. The van der Waals surface area contributed by atoms with Crippen molar-refractivity contribution in [2.45, 2.75) is 18.7 Å². The molecule has 21 heavy (non-hydrogen) atoms. The topological polar surface area (TPSA) is 38.3 Å². The summed E-state index contributed by atoms with van der Waals surface area (Å²) in [6.07, 6.45) is -3.44. The van der Waals surface area contributed by atoms with Gasteiger partial charge in [0.2, 0.25) is 0 Å². The Labute approximate surface area is 123 Å². The van der Waals surface area contributed by atoms with Crippen molar-refractivity contribution in [3.8, 4) is 11.8 Å². The number of fused-ring (bicyclic) bond motifs is 1. The summed E-state index contributed by atoms with van der Waals surface area (Å²) in [5.41, 5.74) is -3.43. The highest BCUT2D eigenvalue weighted by atomic mass is 35.5. The molecule has 1 N–H and O–H groups in total. The van der Waals surface area contributed by atoms with Gasteiger partial charge in [-0.1, -0.05) is 23.6 Å². The molecule has 1 aromatic rings. The minimum absolute atomic E-state index is 0.0391. The SMILES string of the molecule is CC=CC#C[C@]1(C(F)(F)F)OC(=O)Nc2ccc(Cl)cc21. The number of amides is 1. The van der Waals surface area contributed by atoms with Crippen LogP contribution in [0.25, 0.3) is 0 Å². The van der Waals surface area contributed by atoms with Crippen LogP contribution in [0.2, 0.25) is 5.02 Å². The van der Waals surface area contributed by atoms with Crippen molar-refractivity contribution in [2.24, 2.45) is 0 Å². The molecule has 0 aromatic heterocycles. The van der Waals surface area contributed by atoms with Crippen LogP contribution in [0.4, 0.5) is 23.7 Å². The summed E-state index contributed by atoms with van der Waals surface area (Å²) in [7, 11) is 0. The summed E-state index contributed by atoms with van der Waals surface area (Å²) in [5.74, 6) is 4.22. The quantitative estimate of drug-likeness (QED) is 0.727. The zero-order valence-electron chi connectivity index (χ0n) is 10.7. The van der Waals surface area contributed by atoms with Gasteiger partial charge < -0.3 is 4.74 Å². The number of carbonyl (C=O) groups excluding carboxylic acids is 1. The predicted molar refractivity (Wildman–Crippen MR) is 71.9 cm³/mol. The fourth-order valence-corrected chi connectivity index (χ4v) is 2.02. The molecule has 1 heterocycles. The van der Waals surface area contributed by atoms with Crippen LogP contribution in [0.5, 0.6) is 0 Å². The van der Waals surface area contributed by atoms with E-state index in [0.29, 0.717) is 0 Å². The smallest absolute Gasteiger partial charge is 0.415 e. The Morgan fingerprint density at radius 1 is 1.43 bits per heavy atom. The molecule has 0 bridgehead atoms. The Balaban J connectivity index is 2.74. The third kappa shape index (κ3) is 2.69. The standard InChI is InChI=1S/C14H9ClF3NO2/c1-2-3-4-7-13(14(16,17)18)10-8-9(15)5-6-11(10)19-12(20)21-13/h2-3,5-6,8H,1H3,(H,19,20)/t13-/m0/s1. The first-order chi connectivity index (χ1) is 9.80. The van der Waals surface area contributed by atoms with Gasteiger partial charge in [0.15, 0.2) is 0 Å². The van der Waals surface area contributed by atoms with E-state index in [1.807, 2.05) is 5.92 Å². The summed E-state index contributed by atoms with van der Waals surface area (Å²) in [6.45, 7) is 1.61. The molecule has 0 aliphatic carbocycles. The number of anilines is 1. The van der Waals surface area contributed by atoms with Crippen LogP contribution < -0.4 is 5.32 Å². The zero-order valence-corrected chi connectivity index (χ0v) is 11.5. The van der Waals surface area contributed by atoms with Crippen LogP contribution in [-0.2, 0) is 10.3 Å². The van der Waals surface area contributed by atoms with Crippen molar-refractivity contribution in [1.29, 1.82) is 0 Å². The lowest BCUT2D eigenvalue weighted by molar-refractivity contribution is -0.239. The maximum Gasteiger partial charge on any atom is 0.445 e. The van der Waals surface area contributed by atoms with Crippen molar-refractivity contribution in [2.75, 3.05) is 5.32 Å². The maximum atomic E-state index is 13.5. The second kappa shape index (κ2) is 5.34. The molecule has 0 spiro atoms. The van der Waals surface area contributed by atoms with Crippen LogP contribution in [0.15, 0.2) is 30.4 Å². The summed E-state index contributed by atoms with van der Waals surface area (Å²) in [4.78, 5) is 11.5. The largest absolute Gasteiger partial charge is 0.445 e. The molecule has 0 saturated heterocycles. The molecular formula is C14H9ClF3NO2. The van der Waals surface area contributed by atoms with Crippen LogP contribution in [0.1, 0.15) is 12.5 Å². The Hall–Kier alpha value is -2.13. The number of cyclic esters (lactones) is 1. The zero-order chi connectivity index (χ0) is 15.7. The summed E-state index contributed by atoms with van der Waals surface area (Å²) in [6, 6.07) is 3.72. The molecule has 0 fully saturated rings. The molecule has 1 aliphatic heterocycles. The van der Waals surface area contributed by atoms with E-state index in [0.717, 1.165) is 6.07 Å². The van der Waals surface area contributed by atoms with E-state index in [2.05, 4.69) is 16.0 Å². The molecule has 0 radical (unpaired) electrons. The van der Waals surface area contributed by atoms with Gasteiger partial charge in [0.1, 0.15) is 0 Å². The van der Waals surface area contributed by atoms with E-state index in [4.69, 9.17) is 11.6 Å². The van der Waals surface area contributed by atoms with Crippen molar-refractivity contribution in [3.63, 3.8) is 0 Å². The maximum absolute atomic E-state index is 13.5. The third-order valence-corrected chi connectivity index (χ3v) is 2.98. The van der Waals surface area contributed by atoms with Gasteiger partial charge in [-0.2, -0.15) is 13.2 Å². The lowest BCUT2D eigenvalue weighted by atomic mass is 9.90. The van der Waals surface area contributed by atoms with E-state index in [9.17, 15) is 18.0 Å². The number of ether oxygens (including phenoxy) is 1. The summed E-state index contributed by atoms with van der Waals surface area (Å²) in [5, 5.41) is 2.28. The minimum Gasteiger partial charge on any atom is -0.415 e. The Bertz CT molecular complexity index is 673. The average Bonchev–Trinajstić information content (AvgIpc) is 2.38. The normalized spacial score (nSPS) is 21.1. The predicted octanol–water partition coefficient (Wildman–Crippen LogP) is 4.24. The first-order valence-corrected chi connectivity index (χ1v) is 6.18. The van der Waals surface area contributed by atoms with Gasteiger partial charge >= 0.3 is 12.3 Å². The number of rotatable bonds is 0. The highest BCUT2D eigenvalue weighted by Gasteiger charge is 2.61. The Morgan fingerprint density at radius 2 is 2.14 bits per heavy atom. The van der Waals surface area contributed by atoms with E-state index in [-0.39, 0.29) is 16.3 Å². The molecule has 0 unspecified atom stereocenters. The second-order valence-corrected chi connectivity index (χ2v) is 4.59. The number of hydrogen-bond acceptors (Lipinski definition) is 2. The van der Waals surface area contributed by atoms with Gasteiger partial charge in [-0.25, -0.2) is 4.79 Å². The summed E-state index contributed by atoms with van der Waals surface area (Å²) < 4.78 is 45.1. The third-order valence-electron chi connectivity index (χ3n) is 2.74. The van der Waals surface area contributed by atoms with Crippen molar-refractivity contribution in [3.05, 3.63) is 40.9 Å². The minimum atomic E-state index is -4.92. The number of allylic oxidation sites excluding steroid dienone is 2. The van der Waals surface area contributed by atoms with Gasteiger partial charge in [-0.15, -0.1) is 0 Å². The first kappa shape index (κ1) is 15.3. The number of benzene rings is 1. The highest BCUT2D eigenvalue weighted by molar-refractivity contribution is 6.30. The second-order valence-electron chi connectivity index (χ2n) is 4.15. The molecule has 1 atom stereocenters. The number of alkyl halides is 3. The van der Waals surface area contributed by atoms with Gasteiger partial charge in [-0.3, -0.25) is 5.32 Å². The molecule has 1 amide bonds. The van der Waals surface area contributed by atoms with Crippen LogP contribution >= 0.6 is 11.6 Å². The fourth-order valence-electron chi connectivity index (χ4n) is 1.85. The molecule has 110 valence electrons. The molecule has 3 nitrogen and oxygen atoms in total. The van der Waals surface area contributed by atoms with E-state index >= 15 is 0 Å². The lowest BCUT2D eigenvalue weighted by Crippen LogP contribution is -2.49. The van der Waals surface area contributed by atoms with E-state index in [1.165, 1.54) is 24.3 Å². The van der Waals surface area contributed by atoms with Crippen molar-refractivity contribution in [1.82, 2.24) is 0 Å². The Kier molecular flexibility index (Phi) is 3.88. The van der Waals surface area contributed by atoms with Gasteiger partial charge in [0.25, 0.3) is 5.60 Å². The number of halogens is 4. The molecular weight excluding hydrogens is 307 g/mol. The van der Waals surface area contributed by atoms with Crippen LogP contribution in [0.3, 0.4) is 0 Å². The molecule has 2 rings (SSSR count). The van der Waals surface area contributed by atoms with Gasteiger partial charge in [0, 0.05) is 10.6 Å². The number of hydrogen-bond donors (Lipinski definition) is 1. The molecule has 1 aromatic carbocycles.